The Balaban J connectivity index is 1.71. The highest BCUT2D eigenvalue weighted by Crippen LogP contribution is 2.26. The van der Waals surface area contributed by atoms with Gasteiger partial charge in [0.2, 0.25) is 5.91 Å². The smallest absolute Gasteiger partial charge is 0.265 e. The topological polar surface area (TPSA) is 62.3 Å². The molecule has 0 spiro atoms. The first-order valence-electron chi connectivity index (χ1n) is 6.30. The summed E-state index contributed by atoms with van der Waals surface area (Å²) in [6.07, 6.45) is 1.72. The van der Waals surface area contributed by atoms with Crippen molar-refractivity contribution >= 4 is 51.4 Å². The Morgan fingerprint density at radius 3 is 3.00 bits per heavy atom. The molecule has 0 saturated carbocycles. The number of thioether (sulfide) groups is 1. The van der Waals surface area contributed by atoms with E-state index in [0.717, 1.165) is 4.88 Å². The average molecular weight is 339 g/mol. The van der Waals surface area contributed by atoms with Crippen LogP contribution in [0.4, 0.5) is 5.13 Å². The first kappa shape index (κ1) is 14.6. The van der Waals surface area contributed by atoms with Crippen molar-refractivity contribution in [2.24, 2.45) is 0 Å². The number of carbonyl (C=O) groups excluding carboxylic acids is 2. The Morgan fingerprint density at radius 1 is 1.48 bits per heavy atom. The first-order chi connectivity index (χ1) is 10.1. The van der Waals surface area contributed by atoms with Crippen molar-refractivity contribution in [2.75, 3.05) is 16.9 Å². The van der Waals surface area contributed by atoms with E-state index >= 15 is 0 Å². The summed E-state index contributed by atoms with van der Waals surface area (Å²) in [5, 5.41) is 5.25. The number of thiazole rings is 1. The largest absolute Gasteiger partial charge is 0.316 e. The minimum Gasteiger partial charge on any atom is -0.316 e. The fourth-order valence-corrected chi connectivity index (χ4v) is 4.50. The normalized spacial score (nSPS) is 18.0. The van der Waals surface area contributed by atoms with Crippen LogP contribution in [0.3, 0.4) is 0 Å². The van der Waals surface area contributed by atoms with Gasteiger partial charge < -0.3 is 10.2 Å². The number of carbonyl (C=O) groups is 2. The fraction of sp³-hybridized carbons (Fsp3) is 0.308. The highest BCUT2D eigenvalue weighted by molar-refractivity contribution is 7.99. The van der Waals surface area contributed by atoms with Crippen molar-refractivity contribution in [3.05, 3.63) is 33.5 Å². The molecule has 21 heavy (non-hydrogen) atoms. The van der Waals surface area contributed by atoms with Gasteiger partial charge in [-0.25, -0.2) is 4.98 Å². The Morgan fingerprint density at radius 2 is 2.33 bits per heavy atom. The molecule has 3 heterocycles. The number of hydrogen-bond acceptors (Lipinski definition) is 6. The van der Waals surface area contributed by atoms with Gasteiger partial charge in [-0.1, -0.05) is 6.07 Å². The molecule has 2 amide bonds. The lowest BCUT2D eigenvalue weighted by Gasteiger charge is -2.21. The Bertz CT molecular complexity index is 653. The van der Waals surface area contributed by atoms with Gasteiger partial charge >= 0.3 is 0 Å². The molecule has 3 rings (SSSR count). The van der Waals surface area contributed by atoms with Gasteiger partial charge in [0.25, 0.3) is 5.91 Å². The predicted octanol–water partition coefficient (Wildman–Crippen LogP) is 2.67. The van der Waals surface area contributed by atoms with Crippen molar-refractivity contribution in [2.45, 2.75) is 13.0 Å². The van der Waals surface area contributed by atoms with Gasteiger partial charge in [-0.3, -0.25) is 9.59 Å². The quantitative estimate of drug-likeness (QED) is 0.934. The van der Waals surface area contributed by atoms with E-state index < -0.39 is 6.04 Å². The molecule has 1 aliphatic heterocycles. The second-order valence-electron chi connectivity index (χ2n) is 4.53. The molecule has 2 aromatic rings. The summed E-state index contributed by atoms with van der Waals surface area (Å²) in [7, 11) is 0. The third kappa shape index (κ3) is 3.12. The van der Waals surface area contributed by atoms with E-state index in [9.17, 15) is 9.59 Å². The van der Waals surface area contributed by atoms with Gasteiger partial charge in [0.05, 0.1) is 10.8 Å². The zero-order valence-electron chi connectivity index (χ0n) is 11.2. The lowest BCUT2D eigenvalue weighted by Crippen LogP contribution is -2.44. The van der Waals surface area contributed by atoms with E-state index in [0.29, 0.717) is 21.6 Å². The van der Waals surface area contributed by atoms with Gasteiger partial charge in [-0.15, -0.1) is 34.4 Å². The molecule has 1 atom stereocenters. The Hall–Kier alpha value is -1.38. The maximum absolute atomic E-state index is 12.4. The van der Waals surface area contributed by atoms with Crippen LogP contribution in [0.25, 0.3) is 0 Å². The van der Waals surface area contributed by atoms with Crippen LogP contribution in [0, 0.1) is 6.92 Å². The highest BCUT2D eigenvalue weighted by atomic mass is 32.2. The number of hydrogen-bond donors (Lipinski definition) is 1. The van der Waals surface area contributed by atoms with Crippen molar-refractivity contribution in [3.8, 4) is 0 Å². The molecule has 110 valence electrons. The van der Waals surface area contributed by atoms with Crippen molar-refractivity contribution in [3.63, 3.8) is 0 Å². The van der Waals surface area contributed by atoms with Crippen LogP contribution >= 0.6 is 34.4 Å². The maximum atomic E-state index is 12.4. The number of aryl methyl sites for hydroxylation is 1. The number of nitrogens with one attached hydrogen (secondary N) is 1. The molecule has 8 heteroatoms. The molecule has 1 saturated heterocycles. The minimum absolute atomic E-state index is 0.0783. The maximum Gasteiger partial charge on any atom is 0.265 e. The zero-order valence-corrected chi connectivity index (χ0v) is 13.7. The van der Waals surface area contributed by atoms with Crippen LogP contribution < -0.4 is 5.32 Å². The zero-order chi connectivity index (χ0) is 14.8. The lowest BCUT2D eigenvalue weighted by molar-refractivity contribution is -0.119. The third-order valence-corrected chi connectivity index (χ3v) is 5.73. The second-order valence-corrected chi connectivity index (χ2v) is 7.72. The molecule has 1 aliphatic rings. The number of nitrogens with zero attached hydrogens (tertiary/aromatic N) is 2. The molecule has 1 N–H and O–H groups in total. The molecule has 0 radical (unpaired) electrons. The Labute approximate surface area is 134 Å². The molecule has 2 aromatic heterocycles. The van der Waals surface area contributed by atoms with Gasteiger partial charge in [0.1, 0.15) is 6.04 Å². The summed E-state index contributed by atoms with van der Waals surface area (Å²) in [6.45, 7) is 1.94. The third-order valence-electron chi connectivity index (χ3n) is 3.03. The van der Waals surface area contributed by atoms with Gasteiger partial charge in [-0.05, 0) is 18.4 Å². The van der Waals surface area contributed by atoms with E-state index in [1.54, 1.807) is 28.9 Å². The van der Waals surface area contributed by atoms with E-state index in [1.807, 2.05) is 18.4 Å². The summed E-state index contributed by atoms with van der Waals surface area (Å²) in [6, 6.07) is 3.19. The van der Waals surface area contributed by atoms with E-state index in [2.05, 4.69) is 10.3 Å². The lowest BCUT2D eigenvalue weighted by atomic mass is 10.2. The summed E-state index contributed by atoms with van der Waals surface area (Å²) < 4.78 is 0. The molecule has 1 fully saturated rings. The van der Waals surface area contributed by atoms with Crippen LogP contribution in [0.2, 0.25) is 0 Å². The minimum atomic E-state index is -0.436. The predicted molar refractivity (Wildman–Crippen MR) is 87.1 cm³/mol. The molecule has 0 bridgehead atoms. The molecule has 5 nitrogen and oxygen atoms in total. The number of aromatic nitrogens is 1. The second kappa shape index (κ2) is 6.17. The summed E-state index contributed by atoms with van der Waals surface area (Å²) >= 11 is 4.42. The van der Waals surface area contributed by atoms with Crippen LogP contribution in [-0.2, 0) is 4.79 Å². The first-order valence-corrected chi connectivity index (χ1v) is 9.16. The monoisotopic (exact) mass is 339 g/mol. The molecular weight excluding hydrogens is 326 g/mol. The SMILES string of the molecule is Cc1cnc(NC(=O)[C@@H]2CSCN2C(=O)c2cccs2)s1. The van der Waals surface area contributed by atoms with Crippen molar-refractivity contribution < 1.29 is 9.59 Å². The van der Waals surface area contributed by atoms with Crippen LogP contribution in [0.1, 0.15) is 14.5 Å². The number of thiophene rings is 1. The summed E-state index contributed by atoms with van der Waals surface area (Å²) in [4.78, 5) is 32.2. The summed E-state index contributed by atoms with van der Waals surface area (Å²) in [5.41, 5.74) is 0. The van der Waals surface area contributed by atoms with Crippen LogP contribution in [0.15, 0.2) is 23.7 Å². The van der Waals surface area contributed by atoms with Gasteiger partial charge in [0, 0.05) is 16.8 Å². The van der Waals surface area contributed by atoms with E-state index in [-0.39, 0.29) is 11.8 Å². The molecule has 0 unspecified atom stereocenters. The number of anilines is 1. The molecule has 0 aliphatic carbocycles. The van der Waals surface area contributed by atoms with Crippen LogP contribution in [-0.4, -0.2) is 39.4 Å². The Kier molecular flexibility index (Phi) is 4.27. The van der Waals surface area contributed by atoms with E-state index in [1.165, 1.54) is 22.7 Å². The van der Waals surface area contributed by atoms with E-state index in [4.69, 9.17) is 0 Å². The number of amides is 2. The average Bonchev–Trinajstić information content (AvgIpc) is 3.19. The number of rotatable bonds is 3. The highest BCUT2D eigenvalue weighted by Gasteiger charge is 2.35. The van der Waals surface area contributed by atoms with Gasteiger partial charge in [-0.2, -0.15) is 0 Å². The van der Waals surface area contributed by atoms with Gasteiger partial charge in [0.15, 0.2) is 5.13 Å². The molecule has 0 aromatic carbocycles. The summed E-state index contributed by atoms with van der Waals surface area (Å²) in [5.74, 6) is 0.920. The standard InChI is InChI=1S/C13H13N3O2S3/c1-8-5-14-13(21-8)15-11(17)9-6-19-7-16(9)12(18)10-3-2-4-20-10/h2-5,9H,6-7H2,1H3,(H,14,15,17)/t9-/m0/s1. The van der Waals surface area contributed by atoms with Crippen molar-refractivity contribution in [1.82, 2.24) is 9.88 Å². The van der Waals surface area contributed by atoms with Crippen molar-refractivity contribution in [1.29, 1.82) is 0 Å². The van der Waals surface area contributed by atoms with Crippen LogP contribution in [0.5, 0.6) is 0 Å². The molecular formula is C13H13N3O2S3. The fourth-order valence-electron chi connectivity index (χ4n) is 2.00.